The van der Waals surface area contributed by atoms with Crippen LogP contribution in [0.2, 0.25) is 0 Å². The number of esters is 1. The predicted octanol–water partition coefficient (Wildman–Crippen LogP) is 1.19. The van der Waals surface area contributed by atoms with Crippen LogP contribution in [0.25, 0.3) is 0 Å². The van der Waals surface area contributed by atoms with Crippen LogP contribution in [0.15, 0.2) is 24.3 Å². The summed E-state index contributed by atoms with van der Waals surface area (Å²) in [7, 11) is 0. The lowest BCUT2D eigenvalue weighted by Crippen LogP contribution is -2.23. The minimum absolute atomic E-state index is 0.219. The van der Waals surface area contributed by atoms with Crippen molar-refractivity contribution in [3.63, 3.8) is 0 Å². The highest BCUT2D eigenvalue weighted by molar-refractivity contribution is 5.71. The van der Waals surface area contributed by atoms with E-state index in [1.807, 2.05) is 19.1 Å². The van der Waals surface area contributed by atoms with Gasteiger partial charge in [0.05, 0.1) is 0 Å². The molecule has 2 atom stereocenters. The second-order valence-electron chi connectivity index (χ2n) is 2.97. The zero-order chi connectivity index (χ0) is 9.68. The first-order chi connectivity index (χ1) is 6.24. The maximum atomic E-state index is 10.7. The first kappa shape index (κ1) is 9.99. The molecule has 0 saturated carbocycles. The number of rotatable bonds is 3. The Morgan fingerprint density at radius 1 is 1.62 bits per heavy atom. The van der Waals surface area contributed by atoms with E-state index >= 15 is 0 Å². The topological polar surface area (TPSA) is 46.5 Å². The van der Waals surface area contributed by atoms with Crippen LogP contribution in [0.1, 0.15) is 19.8 Å². The molecule has 3 nitrogen and oxygen atoms in total. The fourth-order valence-electron chi connectivity index (χ4n) is 1.20. The Kier molecular flexibility index (Phi) is 3.71. The number of hydrogen-bond acceptors (Lipinski definition) is 3. The molecule has 0 bridgehead atoms. The standard InChI is InChI=1S/C10H14O3/c1-2-3-4-5-8(11)9-6-7-10(12)13-9/h2-5,8-9,11H,6-7H2,1H3/b3-2+,5-4+/t8-,9-/m0/s1. The Labute approximate surface area is 77.7 Å². The molecule has 0 amide bonds. The van der Waals surface area contributed by atoms with Gasteiger partial charge in [-0.25, -0.2) is 0 Å². The van der Waals surface area contributed by atoms with E-state index in [2.05, 4.69) is 0 Å². The molecule has 1 rings (SSSR count). The number of aliphatic hydroxyl groups is 1. The van der Waals surface area contributed by atoms with E-state index in [0.717, 1.165) is 0 Å². The van der Waals surface area contributed by atoms with Crippen LogP contribution in [-0.2, 0) is 9.53 Å². The molecule has 1 aliphatic heterocycles. The number of allylic oxidation sites excluding steroid dienone is 3. The van der Waals surface area contributed by atoms with Crippen molar-refractivity contribution in [1.29, 1.82) is 0 Å². The van der Waals surface area contributed by atoms with Crippen LogP contribution >= 0.6 is 0 Å². The number of aliphatic hydroxyl groups excluding tert-OH is 1. The van der Waals surface area contributed by atoms with E-state index < -0.39 is 6.10 Å². The summed E-state index contributed by atoms with van der Waals surface area (Å²) in [5.74, 6) is -0.219. The molecule has 0 spiro atoms. The SMILES string of the molecule is C/C=C/C=C/[C@H](O)[C@@H]1CCC(=O)O1. The van der Waals surface area contributed by atoms with Gasteiger partial charge in [0, 0.05) is 6.42 Å². The van der Waals surface area contributed by atoms with E-state index in [9.17, 15) is 9.90 Å². The molecule has 0 aromatic carbocycles. The fourth-order valence-corrected chi connectivity index (χ4v) is 1.20. The quantitative estimate of drug-likeness (QED) is 0.526. The molecule has 1 aliphatic rings. The second kappa shape index (κ2) is 4.82. The van der Waals surface area contributed by atoms with Crippen molar-refractivity contribution in [3.8, 4) is 0 Å². The predicted molar refractivity (Wildman–Crippen MR) is 49.1 cm³/mol. The third-order valence-electron chi connectivity index (χ3n) is 1.91. The Morgan fingerprint density at radius 3 is 2.92 bits per heavy atom. The van der Waals surface area contributed by atoms with Gasteiger partial charge in [-0.05, 0) is 13.3 Å². The average Bonchev–Trinajstić information content (AvgIpc) is 2.52. The summed E-state index contributed by atoms with van der Waals surface area (Å²) >= 11 is 0. The normalized spacial score (nSPS) is 25.7. The average molecular weight is 182 g/mol. The van der Waals surface area contributed by atoms with Crippen LogP contribution in [0.4, 0.5) is 0 Å². The van der Waals surface area contributed by atoms with Gasteiger partial charge < -0.3 is 9.84 Å². The molecule has 0 aromatic rings. The van der Waals surface area contributed by atoms with Crippen LogP contribution in [0.3, 0.4) is 0 Å². The van der Waals surface area contributed by atoms with E-state index in [4.69, 9.17) is 4.74 Å². The number of carbonyl (C=O) groups excluding carboxylic acids is 1. The molecular weight excluding hydrogens is 168 g/mol. The van der Waals surface area contributed by atoms with Crippen molar-refractivity contribution in [2.75, 3.05) is 0 Å². The van der Waals surface area contributed by atoms with Crippen LogP contribution in [0, 0.1) is 0 Å². The lowest BCUT2D eigenvalue weighted by Gasteiger charge is -2.12. The van der Waals surface area contributed by atoms with Crippen LogP contribution in [-0.4, -0.2) is 23.3 Å². The number of carbonyl (C=O) groups is 1. The summed E-state index contributed by atoms with van der Waals surface area (Å²) < 4.78 is 4.89. The molecule has 1 N–H and O–H groups in total. The van der Waals surface area contributed by atoms with Gasteiger partial charge in [-0.2, -0.15) is 0 Å². The fraction of sp³-hybridized carbons (Fsp3) is 0.500. The van der Waals surface area contributed by atoms with Gasteiger partial charge in [0.15, 0.2) is 0 Å². The molecule has 0 radical (unpaired) electrons. The van der Waals surface area contributed by atoms with Crippen molar-refractivity contribution in [2.24, 2.45) is 0 Å². The van der Waals surface area contributed by atoms with Crippen molar-refractivity contribution in [3.05, 3.63) is 24.3 Å². The first-order valence-electron chi connectivity index (χ1n) is 4.41. The smallest absolute Gasteiger partial charge is 0.306 e. The molecule has 0 aromatic heterocycles. The molecule has 1 saturated heterocycles. The lowest BCUT2D eigenvalue weighted by atomic mass is 10.1. The Balaban J connectivity index is 2.39. The molecular formula is C10H14O3. The van der Waals surface area contributed by atoms with Gasteiger partial charge in [-0.3, -0.25) is 4.79 Å². The summed E-state index contributed by atoms with van der Waals surface area (Å²) in [4.78, 5) is 10.7. The maximum absolute atomic E-state index is 10.7. The number of ether oxygens (including phenoxy) is 1. The molecule has 0 unspecified atom stereocenters. The van der Waals surface area contributed by atoms with E-state index in [1.54, 1.807) is 12.2 Å². The minimum Gasteiger partial charge on any atom is -0.459 e. The zero-order valence-electron chi connectivity index (χ0n) is 7.64. The van der Waals surface area contributed by atoms with Gasteiger partial charge in [0.1, 0.15) is 12.2 Å². The molecule has 0 aliphatic carbocycles. The highest BCUT2D eigenvalue weighted by Crippen LogP contribution is 2.17. The summed E-state index contributed by atoms with van der Waals surface area (Å²) in [5.41, 5.74) is 0. The Hall–Kier alpha value is -1.09. The molecule has 1 heterocycles. The molecule has 3 heteroatoms. The summed E-state index contributed by atoms with van der Waals surface area (Å²) in [6, 6.07) is 0. The van der Waals surface area contributed by atoms with E-state index in [-0.39, 0.29) is 12.1 Å². The lowest BCUT2D eigenvalue weighted by molar-refractivity contribution is -0.144. The zero-order valence-corrected chi connectivity index (χ0v) is 7.64. The van der Waals surface area contributed by atoms with Gasteiger partial charge in [-0.15, -0.1) is 0 Å². The number of hydrogen-bond donors (Lipinski definition) is 1. The molecule has 72 valence electrons. The summed E-state index contributed by atoms with van der Waals surface area (Å²) in [6.07, 6.45) is 7.06. The molecule has 13 heavy (non-hydrogen) atoms. The van der Waals surface area contributed by atoms with Crippen molar-refractivity contribution < 1.29 is 14.6 Å². The maximum Gasteiger partial charge on any atom is 0.306 e. The van der Waals surface area contributed by atoms with Crippen LogP contribution < -0.4 is 0 Å². The largest absolute Gasteiger partial charge is 0.459 e. The van der Waals surface area contributed by atoms with Gasteiger partial charge in [0.2, 0.25) is 0 Å². The van der Waals surface area contributed by atoms with Gasteiger partial charge in [-0.1, -0.05) is 24.3 Å². The second-order valence-corrected chi connectivity index (χ2v) is 2.97. The Bertz CT molecular complexity index is 230. The minimum atomic E-state index is -0.678. The van der Waals surface area contributed by atoms with Gasteiger partial charge >= 0.3 is 5.97 Å². The summed E-state index contributed by atoms with van der Waals surface area (Å²) in [5, 5.41) is 9.50. The highest BCUT2D eigenvalue weighted by atomic mass is 16.6. The van der Waals surface area contributed by atoms with E-state index in [1.165, 1.54) is 0 Å². The van der Waals surface area contributed by atoms with Crippen molar-refractivity contribution >= 4 is 5.97 Å². The molecule has 1 fully saturated rings. The van der Waals surface area contributed by atoms with Crippen molar-refractivity contribution in [2.45, 2.75) is 32.0 Å². The van der Waals surface area contributed by atoms with Crippen molar-refractivity contribution in [1.82, 2.24) is 0 Å². The van der Waals surface area contributed by atoms with E-state index in [0.29, 0.717) is 12.8 Å². The van der Waals surface area contributed by atoms with Gasteiger partial charge in [0.25, 0.3) is 0 Å². The monoisotopic (exact) mass is 182 g/mol. The third kappa shape index (κ3) is 3.03. The Morgan fingerprint density at radius 2 is 2.38 bits per heavy atom. The van der Waals surface area contributed by atoms with Crippen LogP contribution in [0.5, 0.6) is 0 Å². The number of cyclic esters (lactones) is 1. The summed E-state index contributed by atoms with van der Waals surface area (Å²) in [6.45, 7) is 1.90. The first-order valence-corrected chi connectivity index (χ1v) is 4.41. The third-order valence-corrected chi connectivity index (χ3v) is 1.91. The highest BCUT2D eigenvalue weighted by Gasteiger charge is 2.27.